The summed E-state index contributed by atoms with van der Waals surface area (Å²) < 4.78 is 33.4. The van der Waals surface area contributed by atoms with Crippen molar-refractivity contribution in [2.45, 2.75) is 123 Å². The van der Waals surface area contributed by atoms with Gasteiger partial charge in [0.05, 0.1) is 27.7 Å². The Morgan fingerprint density at radius 2 is 1.26 bits per heavy atom. The first-order chi connectivity index (χ1) is 18.6. The number of nitrogens with one attached hydrogen (secondary N) is 1. The molecule has 0 radical (unpaired) electrons. The first kappa shape index (κ1) is 38.3. The van der Waals surface area contributed by atoms with Gasteiger partial charge in [-0.15, -0.1) is 0 Å². The average Bonchev–Trinajstić information content (AvgIpc) is 2.86. The van der Waals surface area contributed by atoms with Crippen molar-refractivity contribution < 1.29 is 37.3 Å². The Morgan fingerprint density at radius 1 is 0.769 bits per heavy atom. The van der Waals surface area contributed by atoms with Crippen LogP contribution in [0.2, 0.25) is 0 Å². The fraction of sp³-hybridized carbons (Fsp3) is 0.966. The maximum atomic E-state index is 12.1. The average molecular weight is 582 g/mol. The number of phosphoric ester groups is 1. The predicted octanol–water partition coefficient (Wildman–Crippen LogP) is 7.22. The Morgan fingerprint density at radius 3 is 1.72 bits per heavy atom. The van der Waals surface area contributed by atoms with E-state index in [0.717, 1.165) is 12.8 Å². The minimum Gasteiger partial charge on any atom is -0.447 e. The van der Waals surface area contributed by atoms with E-state index in [1.165, 1.54) is 89.9 Å². The summed E-state index contributed by atoms with van der Waals surface area (Å²) in [7, 11) is 1.68. The monoisotopic (exact) mass is 581 g/mol. The molecule has 0 bridgehead atoms. The van der Waals surface area contributed by atoms with Gasteiger partial charge in [0.2, 0.25) is 0 Å². The maximum absolute atomic E-state index is 12.1. The minimum atomic E-state index is -4.20. The van der Waals surface area contributed by atoms with Gasteiger partial charge in [0.15, 0.2) is 0 Å². The lowest BCUT2D eigenvalue weighted by Crippen LogP contribution is -2.37. The zero-order valence-corrected chi connectivity index (χ0v) is 26.8. The van der Waals surface area contributed by atoms with Gasteiger partial charge in [0.25, 0.3) is 0 Å². The molecule has 0 aliphatic heterocycles. The van der Waals surface area contributed by atoms with E-state index in [1.807, 2.05) is 21.1 Å². The van der Waals surface area contributed by atoms with Gasteiger partial charge in [-0.3, -0.25) is 9.05 Å². The molecule has 1 amide bonds. The van der Waals surface area contributed by atoms with Gasteiger partial charge in [-0.2, -0.15) is 0 Å². The Kier molecular flexibility index (Phi) is 24.6. The highest BCUT2D eigenvalue weighted by atomic mass is 31.2. The third-order valence-corrected chi connectivity index (χ3v) is 7.53. The molecular weight excluding hydrogens is 519 g/mol. The number of unbranched alkanes of at least 4 members (excludes halogenated alkanes) is 15. The standard InChI is InChI=1S/C29H61N2O7P/c1-6-8-9-10-11-12-13-14-15-16-17-18-19-20-21-22-23-30-29(32)36-26-28(35-7-2)27-38-39(33,34)37-25-24-31(3,4)5/h28H,6-27H2,1-5H3,(H-,30,32,33,34)/p+1. The molecule has 10 heteroatoms. The Balaban J connectivity index is 3.69. The summed E-state index contributed by atoms with van der Waals surface area (Å²) in [5.74, 6) is 0. The van der Waals surface area contributed by atoms with E-state index in [4.69, 9.17) is 18.5 Å². The molecule has 0 heterocycles. The number of ether oxygens (including phenoxy) is 2. The highest BCUT2D eigenvalue weighted by Crippen LogP contribution is 2.43. The van der Waals surface area contributed by atoms with Crippen LogP contribution in [-0.4, -0.2) is 82.2 Å². The number of amides is 1. The highest BCUT2D eigenvalue weighted by Gasteiger charge is 2.25. The van der Waals surface area contributed by atoms with Crippen molar-refractivity contribution in [3.8, 4) is 0 Å². The van der Waals surface area contributed by atoms with Crippen LogP contribution in [0.4, 0.5) is 4.79 Å². The third-order valence-electron chi connectivity index (χ3n) is 6.54. The summed E-state index contributed by atoms with van der Waals surface area (Å²) in [6.07, 6.45) is 19.8. The van der Waals surface area contributed by atoms with E-state index >= 15 is 0 Å². The normalized spacial score (nSPS) is 14.2. The molecule has 2 atom stereocenters. The predicted molar refractivity (Wildman–Crippen MR) is 159 cm³/mol. The van der Waals surface area contributed by atoms with Gasteiger partial charge < -0.3 is 24.2 Å². The molecule has 0 aromatic carbocycles. The third kappa shape index (κ3) is 28.6. The zero-order chi connectivity index (χ0) is 29.2. The molecule has 39 heavy (non-hydrogen) atoms. The van der Waals surface area contributed by atoms with Crippen molar-refractivity contribution in [3.63, 3.8) is 0 Å². The molecule has 0 saturated carbocycles. The number of hydrogen-bond donors (Lipinski definition) is 2. The molecule has 0 aliphatic rings. The molecule has 2 unspecified atom stereocenters. The largest absolute Gasteiger partial charge is 0.472 e. The molecule has 2 N–H and O–H groups in total. The number of hydrogen-bond acceptors (Lipinski definition) is 6. The molecule has 0 aromatic rings. The Hall–Kier alpha value is -0.700. The van der Waals surface area contributed by atoms with E-state index in [1.54, 1.807) is 6.92 Å². The number of carbonyl (C=O) groups excluding carboxylic acids is 1. The molecular formula is C29H62N2O7P+. The summed E-state index contributed by atoms with van der Waals surface area (Å²) in [5, 5.41) is 2.76. The van der Waals surface area contributed by atoms with Crippen molar-refractivity contribution in [2.75, 3.05) is 60.7 Å². The van der Waals surface area contributed by atoms with Crippen LogP contribution < -0.4 is 5.32 Å². The van der Waals surface area contributed by atoms with Crippen LogP contribution in [0.25, 0.3) is 0 Å². The van der Waals surface area contributed by atoms with Gasteiger partial charge in [0, 0.05) is 13.2 Å². The molecule has 0 fully saturated rings. The number of rotatable bonds is 28. The number of likely N-dealkylation sites (N-methyl/N-ethyl adjacent to an activating group) is 1. The molecule has 0 saturated heterocycles. The van der Waals surface area contributed by atoms with Crippen molar-refractivity contribution in [1.82, 2.24) is 5.32 Å². The smallest absolute Gasteiger partial charge is 0.447 e. The summed E-state index contributed by atoms with van der Waals surface area (Å²) in [6, 6.07) is 0. The van der Waals surface area contributed by atoms with Gasteiger partial charge >= 0.3 is 13.9 Å². The summed E-state index contributed by atoms with van der Waals surface area (Å²) in [5.41, 5.74) is 0. The van der Waals surface area contributed by atoms with E-state index in [2.05, 4.69) is 12.2 Å². The lowest BCUT2D eigenvalue weighted by atomic mass is 10.0. The van der Waals surface area contributed by atoms with Gasteiger partial charge in [-0.1, -0.05) is 103 Å². The van der Waals surface area contributed by atoms with E-state index in [0.29, 0.717) is 24.2 Å². The minimum absolute atomic E-state index is 0.0719. The summed E-state index contributed by atoms with van der Waals surface area (Å²) >= 11 is 0. The summed E-state index contributed by atoms with van der Waals surface area (Å²) in [6.45, 7) is 5.36. The van der Waals surface area contributed by atoms with Crippen molar-refractivity contribution in [2.24, 2.45) is 0 Å². The maximum Gasteiger partial charge on any atom is 0.472 e. The lowest BCUT2D eigenvalue weighted by molar-refractivity contribution is -0.870. The number of nitrogens with zero attached hydrogens (tertiary/aromatic N) is 1. The van der Waals surface area contributed by atoms with Crippen LogP contribution in [-0.2, 0) is 23.1 Å². The molecule has 0 aromatic heterocycles. The first-order valence-corrected chi connectivity index (χ1v) is 17.0. The lowest BCUT2D eigenvalue weighted by Gasteiger charge is -2.24. The van der Waals surface area contributed by atoms with Crippen LogP contribution in [0, 0.1) is 0 Å². The zero-order valence-electron chi connectivity index (χ0n) is 25.9. The molecule has 0 spiro atoms. The van der Waals surface area contributed by atoms with Crippen molar-refractivity contribution in [1.29, 1.82) is 0 Å². The van der Waals surface area contributed by atoms with Crippen LogP contribution in [0.1, 0.15) is 117 Å². The first-order valence-electron chi connectivity index (χ1n) is 15.5. The molecule has 9 nitrogen and oxygen atoms in total. The van der Waals surface area contributed by atoms with Gasteiger partial charge in [-0.05, 0) is 13.3 Å². The molecule has 0 rings (SSSR count). The summed E-state index contributed by atoms with van der Waals surface area (Å²) in [4.78, 5) is 21.8. The Labute approximate surface area is 239 Å². The van der Waals surface area contributed by atoms with Crippen LogP contribution in [0.15, 0.2) is 0 Å². The second-order valence-corrected chi connectivity index (χ2v) is 13.0. The fourth-order valence-corrected chi connectivity index (χ4v) is 4.85. The van der Waals surface area contributed by atoms with Gasteiger partial charge in [0.1, 0.15) is 25.9 Å². The molecule has 234 valence electrons. The topological polar surface area (TPSA) is 103 Å². The van der Waals surface area contributed by atoms with Crippen LogP contribution >= 0.6 is 7.82 Å². The van der Waals surface area contributed by atoms with Crippen molar-refractivity contribution >= 4 is 13.9 Å². The number of alkyl carbamates (subject to hydrolysis) is 1. The second kappa shape index (κ2) is 25.0. The van der Waals surface area contributed by atoms with Crippen LogP contribution in [0.3, 0.4) is 0 Å². The van der Waals surface area contributed by atoms with Gasteiger partial charge in [-0.25, -0.2) is 9.36 Å². The number of quaternary nitrogens is 1. The quantitative estimate of drug-likeness (QED) is 0.0571. The molecule has 0 aliphatic carbocycles. The SMILES string of the molecule is CCCCCCCCCCCCCCCCCCNC(=O)OCC(COP(=O)(O)OCC[N+](C)(C)C)OCC. The Bertz CT molecular complexity index is 617. The second-order valence-electron chi connectivity index (χ2n) is 11.5. The van der Waals surface area contributed by atoms with E-state index < -0.39 is 20.0 Å². The highest BCUT2D eigenvalue weighted by molar-refractivity contribution is 7.47. The van der Waals surface area contributed by atoms with E-state index in [9.17, 15) is 14.3 Å². The number of phosphoric acid groups is 1. The van der Waals surface area contributed by atoms with Crippen LogP contribution in [0.5, 0.6) is 0 Å². The fourth-order valence-electron chi connectivity index (χ4n) is 4.11. The number of carbonyl (C=O) groups is 1. The van der Waals surface area contributed by atoms with E-state index in [-0.39, 0.29) is 19.8 Å². The van der Waals surface area contributed by atoms with Crippen molar-refractivity contribution in [3.05, 3.63) is 0 Å².